The van der Waals surface area contributed by atoms with E-state index < -0.39 is 0 Å². The van der Waals surface area contributed by atoms with Crippen molar-refractivity contribution in [3.05, 3.63) is 41.6 Å². The van der Waals surface area contributed by atoms with Gasteiger partial charge in [0.1, 0.15) is 5.78 Å². The minimum absolute atomic E-state index is 0.255. The summed E-state index contributed by atoms with van der Waals surface area (Å²) in [6.45, 7) is 3.69. The van der Waals surface area contributed by atoms with Crippen LogP contribution in [0.3, 0.4) is 0 Å². The number of rotatable bonds is 2. The average molecular weight is 225 g/mol. The maximum atomic E-state index is 11.3. The quantitative estimate of drug-likeness (QED) is 0.785. The van der Waals surface area contributed by atoms with Crippen LogP contribution in [0.1, 0.15) is 30.5 Å². The second-order valence-electron chi connectivity index (χ2n) is 4.96. The third-order valence-corrected chi connectivity index (χ3v) is 3.59. The van der Waals surface area contributed by atoms with Gasteiger partial charge in [0.15, 0.2) is 0 Å². The van der Waals surface area contributed by atoms with Crippen LogP contribution in [-0.4, -0.2) is 10.8 Å². The Morgan fingerprint density at radius 1 is 1.29 bits per heavy atom. The number of hydrogen-bond acceptors (Lipinski definition) is 2. The largest absolute Gasteiger partial charge is 0.300 e. The number of hydrogen-bond donors (Lipinski definition) is 0. The minimum atomic E-state index is 0.255. The van der Waals surface area contributed by atoms with Crippen molar-refractivity contribution < 1.29 is 4.79 Å². The first-order valence-corrected chi connectivity index (χ1v) is 6.03. The molecule has 1 aromatic heterocycles. The van der Waals surface area contributed by atoms with E-state index in [1.165, 1.54) is 10.9 Å². The molecule has 2 nitrogen and oxygen atoms in total. The van der Waals surface area contributed by atoms with E-state index in [4.69, 9.17) is 0 Å². The Morgan fingerprint density at radius 2 is 2.12 bits per heavy atom. The van der Waals surface area contributed by atoms with Crippen LogP contribution in [0.5, 0.6) is 0 Å². The lowest BCUT2D eigenvalue weighted by molar-refractivity contribution is -0.118. The van der Waals surface area contributed by atoms with Gasteiger partial charge in [0.2, 0.25) is 0 Å². The smallest absolute Gasteiger partial charge is 0.133 e. The number of Topliss-reactive ketones (excluding diaryl/α,β-unsaturated/α-hetero) is 1. The third-order valence-electron chi connectivity index (χ3n) is 3.59. The molecule has 0 bridgehead atoms. The van der Waals surface area contributed by atoms with Gasteiger partial charge in [-0.15, -0.1) is 0 Å². The molecule has 2 heteroatoms. The maximum absolute atomic E-state index is 11.3. The van der Waals surface area contributed by atoms with Crippen LogP contribution in [0, 0.1) is 12.8 Å². The highest BCUT2D eigenvalue weighted by molar-refractivity contribution is 5.84. The molecule has 0 N–H and O–H groups in total. The van der Waals surface area contributed by atoms with Gasteiger partial charge in [-0.05, 0) is 49.9 Å². The van der Waals surface area contributed by atoms with Gasteiger partial charge in [0.05, 0.1) is 5.52 Å². The van der Waals surface area contributed by atoms with Gasteiger partial charge in [-0.2, -0.15) is 0 Å². The topological polar surface area (TPSA) is 30.0 Å². The van der Waals surface area contributed by atoms with Gasteiger partial charge in [-0.3, -0.25) is 9.78 Å². The lowest BCUT2D eigenvalue weighted by atomic mass is 10.0. The number of carbonyl (C=O) groups excluding carboxylic acids is 1. The zero-order chi connectivity index (χ0) is 12.0. The predicted molar refractivity (Wildman–Crippen MR) is 68.0 cm³/mol. The Hall–Kier alpha value is -1.70. The highest BCUT2D eigenvalue weighted by atomic mass is 16.1. The highest BCUT2D eigenvalue weighted by Gasteiger charge is 2.41. The first-order chi connectivity index (χ1) is 8.15. The van der Waals surface area contributed by atoms with Gasteiger partial charge in [0.25, 0.3) is 0 Å². The Bertz CT molecular complexity index is 603. The summed E-state index contributed by atoms with van der Waals surface area (Å²) in [6, 6.07) is 10.5. The molecule has 1 fully saturated rings. The number of fused-ring (bicyclic) bond motifs is 1. The summed E-state index contributed by atoms with van der Waals surface area (Å²) in [5.74, 6) is 1.01. The molecule has 86 valence electrons. The van der Waals surface area contributed by atoms with E-state index >= 15 is 0 Å². The van der Waals surface area contributed by atoms with Gasteiger partial charge in [-0.1, -0.05) is 12.1 Å². The molecule has 2 atom stereocenters. The van der Waals surface area contributed by atoms with Gasteiger partial charge in [0, 0.05) is 17.0 Å². The molecule has 17 heavy (non-hydrogen) atoms. The first-order valence-electron chi connectivity index (χ1n) is 6.03. The van der Waals surface area contributed by atoms with Crippen molar-refractivity contribution in [2.75, 3.05) is 0 Å². The molecule has 1 saturated carbocycles. The molecule has 2 aromatic rings. The molecule has 1 aliphatic carbocycles. The lowest BCUT2D eigenvalue weighted by Gasteiger charge is -2.03. The summed E-state index contributed by atoms with van der Waals surface area (Å²) in [7, 11) is 0. The number of nitrogens with zero attached hydrogens (tertiary/aromatic N) is 1. The standard InChI is InChI=1S/C15H15NO/c1-9-3-4-12-7-11(5-6-15(12)16-9)14-8-13(14)10(2)17/h3-7,13-14H,8H2,1-2H3. The number of aromatic nitrogens is 1. The van der Waals surface area contributed by atoms with E-state index in [0.717, 1.165) is 17.6 Å². The molecule has 2 unspecified atom stereocenters. The summed E-state index contributed by atoms with van der Waals surface area (Å²) >= 11 is 0. The summed E-state index contributed by atoms with van der Waals surface area (Å²) in [6.07, 6.45) is 1.01. The Balaban J connectivity index is 1.98. The number of aryl methyl sites for hydroxylation is 1. The zero-order valence-corrected chi connectivity index (χ0v) is 10.1. The van der Waals surface area contributed by atoms with Crippen LogP contribution in [0.4, 0.5) is 0 Å². The van der Waals surface area contributed by atoms with Gasteiger partial charge < -0.3 is 0 Å². The van der Waals surface area contributed by atoms with E-state index in [0.29, 0.717) is 11.7 Å². The molecule has 1 aliphatic rings. The summed E-state index contributed by atoms with van der Waals surface area (Å²) in [4.78, 5) is 15.8. The van der Waals surface area contributed by atoms with E-state index in [2.05, 4.69) is 29.2 Å². The van der Waals surface area contributed by atoms with Gasteiger partial charge >= 0.3 is 0 Å². The Kier molecular flexibility index (Phi) is 2.25. The SMILES string of the molecule is CC(=O)C1CC1c1ccc2nc(C)ccc2c1. The van der Waals surface area contributed by atoms with Crippen molar-refractivity contribution in [2.45, 2.75) is 26.2 Å². The molecule has 0 aliphatic heterocycles. The van der Waals surface area contributed by atoms with Crippen LogP contribution < -0.4 is 0 Å². The summed E-state index contributed by atoms with van der Waals surface area (Å²) in [5, 5.41) is 1.17. The van der Waals surface area contributed by atoms with E-state index in [1.807, 2.05) is 13.0 Å². The molecule has 1 aromatic carbocycles. The molecule has 0 spiro atoms. The first kappa shape index (κ1) is 10.5. The molecule has 1 heterocycles. The van der Waals surface area contributed by atoms with Crippen LogP contribution in [-0.2, 0) is 4.79 Å². The Labute approximate surface area is 101 Å². The lowest BCUT2D eigenvalue weighted by Crippen LogP contribution is -1.94. The fourth-order valence-electron chi connectivity index (χ4n) is 2.49. The Morgan fingerprint density at radius 3 is 2.82 bits per heavy atom. The fraction of sp³-hybridized carbons (Fsp3) is 0.333. The number of pyridine rings is 1. The molecular weight excluding hydrogens is 210 g/mol. The molecule has 3 rings (SSSR count). The van der Waals surface area contributed by atoms with Crippen LogP contribution in [0.25, 0.3) is 10.9 Å². The van der Waals surface area contributed by atoms with Crippen molar-refractivity contribution in [3.63, 3.8) is 0 Å². The fourth-order valence-corrected chi connectivity index (χ4v) is 2.49. The van der Waals surface area contributed by atoms with Gasteiger partial charge in [-0.25, -0.2) is 0 Å². The second kappa shape index (κ2) is 3.66. The summed E-state index contributed by atoms with van der Waals surface area (Å²) < 4.78 is 0. The highest BCUT2D eigenvalue weighted by Crippen LogP contribution is 2.48. The van der Waals surface area contributed by atoms with Crippen molar-refractivity contribution >= 4 is 16.7 Å². The predicted octanol–water partition coefficient (Wildman–Crippen LogP) is 3.24. The third kappa shape index (κ3) is 1.84. The van der Waals surface area contributed by atoms with E-state index in [-0.39, 0.29) is 5.92 Å². The summed E-state index contributed by atoms with van der Waals surface area (Å²) in [5.41, 5.74) is 3.36. The minimum Gasteiger partial charge on any atom is -0.300 e. The van der Waals surface area contributed by atoms with Crippen molar-refractivity contribution in [1.29, 1.82) is 0 Å². The second-order valence-corrected chi connectivity index (χ2v) is 4.96. The zero-order valence-electron chi connectivity index (χ0n) is 10.1. The monoisotopic (exact) mass is 225 g/mol. The number of carbonyl (C=O) groups is 1. The van der Waals surface area contributed by atoms with Crippen LogP contribution >= 0.6 is 0 Å². The van der Waals surface area contributed by atoms with Crippen molar-refractivity contribution in [1.82, 2.24) is 4.98 Å². The number of benzene rings is 1. The van der Waals surface area contributed by atoms with Crippen molar-refractivity contribution in [3.8, 4) is 0 Å². The van der Waals surface area contributed by atoms with Crippen molar-refractivity contribution in [2.24, 2.45) is 5.92 Å². The van der Waals surface area contributed by atoms with E-state index in [1.54, 1.807) is 6.92 Å². The molecule has 0 amide bonds. The maximum Gasteiger partial charge on any atom is 0.133 e. The van der Waals surface area contributed by atoms with Crippen LogP contribution in [0.2, 0.25) is 0 Å². The molecule has 0 saturated heterocycles. The average Bonchev–Trinajstić information content (AvgIpc) is 3.08. The molecule has 0 radical (unpaired) electrons. The van der Waals surface area contributed by atoms with E-state index in [9.17, 15) is 4.79 Å². The number of ketones is 1. The normalized spacial score (nSPS) is 22.7. The van der Waals surface area contributed by atoms with Crippen LogP contribution in [0.15, 0.2) is 30.3 Å². The molecular formula is C15H15NO.